The molecule has 6 heteroatoms. The van der Waals surface area contributed by atoms with Crippen LogP contribution in [0.1, 0.15) is 25.7 Å². The summed E-state index contributed by atoms with van der Waals surface area (Å²) < 4.78 is 2.73. The van der Waals surface area contributed by atoms with Gasteiger partial charge in [-0.1, -0.05) is 45.7 Å². The second kappa shape index (κ2) is 6.21. The zero-order valence-electron chi connectivity index (χ0n) is 15.1. The number of fused-ring (bicyclic) bond motifs is 1. The molecule has 2 atom stereocenters. The van der Waals surface area contributed by atoms with Crippen molar-refractivity contribution in [2.45, 2.75) is 65.0 Å². The van der Waals surface area contributed by atoms with Crippen molar-refractivity contribution in [2.24, 2.45) is 11.8 Å². The maximum absolute atomic E-state index is 12.4. The minimum absolute atomic E-state index is 0.0117. The van der Waals surface area contributed by atoms with Crippen LogP contribution in [0.2, 0.25) is 39.3 Å². The van der Waals surface area contributed by atoms with Gasteiger partial charge in [-0.3, -0.25) is 14.5 Å². The van der Waals surface area contributed by atoms with Crippen LogP contribution in [0.25, 0.3) is 0 Å². The lowest BCUT2D eigenvalue weighted by Crippen LogP contribution is -2.59. The average Bonchev–Trinajstić information content (AvgIpc) is 2.89. The molecule has 0 N–H and O–H groups in total. The Hall–Kier alpha value is -0.466. The SMILES string of the molecule is C[Si](C)(C)N(CCCN1C(=O)C2CCCC2C1=O)[Si](C)(C)C. The van der Waals surface area contributed by atoms with Gasteiger partial charge in [-0.2, -0.15) is 0 Å². The van der Waals surface area contributed by atoms with Gasteiger partial charge in [0.25, 0.3) is 0 Å². The Labute approximate surface area is 137 Å². The molecule has 4 nitrogen and oxygen atoms in total. The second-order valence-corrected chi connectivity index (χ2v) is 19.0. The molecular weight excluding hydrogens is 308 g/mol. The first kappa shape index (κ1) is 17.9. The summed E-state index contributed by atoms with van der Waals surface area (Å²) in [5.41, 5.74) is 0. The molecule has 1 heterocycles. The maximum Gasteiger partial charge on any atom is 0.233 e. The van der Waals surface area contributed by atoms with Crippen LogP contribution < -0.4 is 0 Å². The van der Waals surface area contributed by atoms with Crippen LogP contribution in [0.15, 0.2) is 0 Å². The number of rotatable bonds is 6. The highest BCUT2D eigenvalue weighted by Gasteiger charge is 2.49. The summed E-state index contributed by atoms with van der Waals surface area (Å²) in [6, 6.07) is 0. The number of hydrogen-bond acceptors (Lipinski definition) is 3. The second-order valence-electron chi connectivity index (χ2n) is 8.82. The highest BCUT2D eigenvalue weighted by molar-refractivity contribution is 6.89. The largest absolute Gasteiger partial charge is 0.346 e. The molecule has 1 aliphatic heterocycles. The minimum Gasteiger partial charge on any atom is -0.346 e. The number of carbonyl (C=O) groups is 2. The Morgan fingerprint density at radius 1 is 0.955 bits per heavy atom. The van der Waals surface area contributed by atoms with Gasteiger partial charge in [0.2, 0.25) is 11.8 Å². The highest BCUT2D eigenvalue weighted by atomic mass is 28.4. The van der Waals surface area contributed by atoms with Crippen LogP contribution in [0.3, 0.4) is 0 Å². The van der Waals surface area contributed by atoms with Gasteiger partial charge in [-0.15, -0.1) is 0 Å². The van der Waals surface area contributed by atoms with Crippen LogP contribution in [-0.2, 0) is 9.59 Å². The van der Waals surface area contributed by atoms with Gasteiger partial charge in [-0.25, -0.2) is 0 Å². The Balaban J connectivity index is 1.93. The van der Waals surface area contributed by atoms with Crippen molar-refractivity contribution in [1.82, 2.24) is 9.13 Å². The first-order valence-corrected chi connectivity index (χ1v) is 15.6. The van der Waals surface area contributed by atoms with Gasteiger partial charge in [0.15, 0.2) is 0 Å². The molecule has 1 saturated heterocycles. The van der Waals surface area contributed by atoms with Crippen molar-refractivity contribution in [3.8, 4) is 0 Å². The minimum atomic E-state index is -1.35. The predicted molar refractivity (Wildman–Crippen MR) is 95.6 cm³/mol. The molecule has 1 aliphatic carbocycles. The van der Waals surface area contributed by atoms with Gasteiger partial charge in [-0.05, 0) is 25.8 Å². The average molecular weight is 341 g/mol. The zero-order chi connectivity index (χ0) is 16.7. The summed E-state index contributed by atoms with van der Waals surface area (Å²) in [6.07, 6.45) is 3.80. The van der Waals surface area contributed by atoms with E-state index >= 15 is 0 Å². The van der Waals surface area contributed by atoms with E-state index in [-0.39, 0.29) is 23.7 Å². The van der Waals surface area contributed by atoms with E-state index in [4.69, 9.17) is 0 Å². The summed E-state index contributed by atoms with van der Waals surface area (Å²) in [5.74, 6) is 0.246. The number of likely N-dealkylation sites (tertiary alicyclic amines) is 1. The smallest absolute Gasteiger partial charge is 0.233 e. The third kappa shape index (κ3) is 3.54. The first-order chi connectivity index (χ1) is 10.0. The number of amides is 2. The quantitative estimate of drug-likeness (QED) is 0.551. The number of carbonyl (C=O) groups excluding carboxylic acids is 2. The molecule has 0 aromatic rings. The Bertz CT molecular complexity index is 418. The van der Waals surface area contributed by atoms with E-state index in [1.54, 1.807) is 4.90 Å². The highest BCUT2D eigenvalue weighted by Crippen LogP contribution is 2.39. The molecule has 22 heavy (non-hydrogen) atoms. The van der Waals surface area contributed by atoms with Crippen LogP contribution in [0, 0.1) is 11.8 Å². The van der Waals surface area contributed by atoms with Crippen molar-refractivity contribution in [3.63, 3.8) is 0 Å². The molecule has 0 bridgehead atoms. The van der Waals surface area contributed by atoms with Crippen LogP contribution >= 0.6 is 0 Å². The van der Waals surface area contributed by atoms with Gasteiger partial charge >= 0.3 is 0 Å². The Morgan fingerprint density at radius 2 is 1.41 bits per heavy atom. The third-order valence-electron chi connectivity index (χ3n) is 5.07. The summed E-state index contributed by atoms with van der Waals surface area (Å²) in [4.78, 5) is 26.3. The summed E-state index contributed by atoms with van der Waals surface area (Å²) in [5, 5.41) is 0. The standard InChI is InChI=1S/C16H32N2O2Si2/c1-21(2,3)18(22(4,5)6)12-8-11-17-15(19)13-9-7-10-14(13)16(17)20/h13-14H,7-12H2,1-6H3. The zero-order valence-corrected chi connectivity index (χ0v) is 17.1. The van der Waals surface area contributed by atoms with Crippen LogP contribution in [0.4, 0.5) is 0 Å². The monoisotopic (exact) mass is 340 g/mol. The van der Waals surface area contributed by atoms with Crippen molar-refractivity contribution in [2.75, 3.05) is 13.1 Å². The molecule has 2 unspecified atom stereocenters. The third-order valence-corrected chi connectivity index (χ3v) is 12.8. The predicted octanol–water partition coefficient (Wildman–Crippen LogP) is 3.13. The van der Waals surface area contributed by atoms with Gasteiger partial charge < -0.3 is 4.23 Å². The molecule has 0 aromatic carbocycles. The van der Waals surface area contributed by atoms with E-state index in [2.05, 4.69) is 43.5 Å². The van der Waals surface area contributed by atoms with E-state index in [9.17, 15) is 9.59 Å². The van der Waals surface area contributed by atoms with Crippen molar-refractivity contribution < 1.29 is 9.59 Å². The lowest BCUT2D eigenvalue weighted by molar-refractivity contribution is -0.140. The summed E-state index contributed by atoms with van der Waals surface area (Å²) in [6.45, 7) is 16.0. The molecule has 0 spiro atoms. The molecule has 2 fully saturated rings. The first-order valence-electron chi connectivity index (χ1n) is 8.66. The topological polar surface area (TPSA) is 40.6 Å². The Kier molecular flexibility index (Phi) is 5.04. The molecule has 0 aromatic heterocycles. The number of imide groups is 1. The van der Waals surface area contributed by atoms with Crippen molar-refractivity contribution >= 4 is 28.3 Å². The summed E-state index contributed by atoms with van der Waals surface area (Å²) >= 11 is 0. The van der Waals surface area contributed by atoms with Gasteiger partial charge in [0.05, 0.1) is 11.8 Å². The van der Waals surface area contributed by atoms with E-state index in [0.29, 0.717) is 6.54 Å². The molecule has 2 rings (SSSR count). The fourth-order valence-electron chi connectivity index (χ4n) is 4.34. The number of hydrogen-bond donors (Lipinski definition) is 0. The van der Waals surface area contributed by atoms with Crippen molar-refractivity contribution in [3.05, 3.63) is 0 Å². The lowest BCUT2D eigenvalue weighted by atomic mass is 10.00. The normalized spacial score (nSPS) is 26.2. The van der Waals surface area contributed by atoms with Crippen LogP contribution in [-0.4, -0.2) is 50.5 Å². The molecule has 126 valence electrons. The molecule has 1 saturated carbocycles. The fourth-order valence-corrected chi connectivity index (χ4v) is 14.1. The van der Waals surface area contributed by atoms with Gasteiger partial charge in [0.1, 0.15) is 16.5 Å². The maximum atomic E-state index is 12.4. The fraction of sp³-hybridized carbons (Fsp3) is 0.875. The number of nitrogens with zero attached hydrogens (tertiary/aromatic N) is 2. The van der Waals surface area contributed by atoms with E-state index < -0.39 is 16.5 Å². The summed E-state index contributed by atoms with van der Waals surface area (Å²) in [7, 11) is -2.70. The Morgan fingerprint density at radius 3 is 1.82 bits per heavy atom. The molecule has 2 aliphatic rings. The molecule has 2 amide bonds. The lowest BCUT2D eigenvalue weighted by Gasteiger charge is -2.43. The van der Waals surface area contributed by atoms with E-state index in [1.165, 1.54) is 0 Å². The van der Waals surface area contributed by atoms with Crippen molar-refractivity contribution in [1.29, 1.82) is 0 Å². The molecular formula is C16H32N2O2Si2. The van der Waals surface area contributed by atoms with E-state index in [0.717, 1.165) is 32.2 Å². The van der Waals surface area contributed by atoms with Gasteiger partial charge in [0, 0.05) is 6.54 Å². The van der Waals surface area contributed by atoms with Crippen LogP contribution in [0.5, 0.6) is 0 Å². The van der Waals surface area contributed by atoms with E-state index in [1.807, 2.05) is 0 Å². The molecule has 0 radical (unpaired) electrons.